The van der Waals surface area contributed by atoms with Crippen molar-refractivity contribution in [1.82, 2.24) is 0 Å². The summed E-state index contributed by atoms with van der Waals surface area (Å²) < 4.78 is 0. The molecule has 0 aliphatic heterocycles. The molecule has 0 aliphatic rings. The Bertz CT molecular complexity index is 401. The van der Waals surface area contributed by atoms with E-state index in [-0.39, 0.29) is 0 Å². The molecule has 0 spiro atoms. The van der Waals surface area contributed by atoms with Gasteiger partial charge in [-0.2, -0.15) is 0 Å². The first-order valence-corrected chi connectivity index (χ1v) is 4.84. The second-order valence-corrected chi connectivity index (χ2v) is 3.32. The third-order valence-electron chi connectivity index (χ3n) is 2.32. The molecule has 2 aromatic carbocycles. The molecule has 1 radical (unpaired) electrons. The largest absolute Gasteiger partial charge is 0.0622 e. The van der Waals surface area contributed by atoms with E-state index in [2.05, 4.69) is 55.5 Å². The Hall–Kier alpha value is -1.56. The van der Waals surface area contributed by atoms with Gasteiger partial charge in [-0.1, -0.05) is 54.6 Å². The predicted octanol–water partition coefficient (Wildman–Crippen LogP) is 3.73. The van der Waals surface area contributed by atoms with E-state index in [1.807, 2.05) is 6.07 Å². The van der Waals surface area contributed by atoms with Crippen molar-refractivity contribution in [2.75, 3.05) is 0 Å². The molecular weight excluding hydrogens is 168 g/mol. The van der Waals surface area contributed by atoms with Crippen molar-refractivity contribution in [2.24, 2.45) is 0 Å². The van der Waals surface area contributed by atoms with E-state index in [1.54, 1.807) is 0 Å². The first-order valence-electron chi connectivity index (χ1n) is 4.84. The van der Waals surface area contributed by atoms with Gasteiger partial charge in [0.2, 0.25) is 0 Å². The Morgan fingerprint density at radius 2 is 1.50 bits per heavy atom. The summed E-state index contributed by atoms with van der Waals surface area (Å²) in [6.45, 7) is 3.89. The van der Waals surface area contributed by atoms with Gasteiger partial charge in [0.25, 0.3) is 0 Å². The lowest BCUT2D eigenvalue weighted by molar-refractivity contribution is 1.27. The molecule has 0 saturated heterocycles. The van der Waals surface area contributed by atoms with Crippen LogP contribution in [0.25, 0.3) is 11.1 Å². The average molecular weight is 181 g/mol. The second-order valence-electron chi connectivity index (χ2n) is 3.32. The first kappa shape index (κ1) is 9.01. The highest BCUT2D eigenvalue weighted by Crippen LogP contribution is 2.19. The third-order valence-corrected chi connectivity index (χ3v) is 2.32. The summed E-state index contributed by atoms with van der Waals surface area (Å²) in [4.78, 5) is 0. The zero-order valence-electron chi connectivity index (χ0n) is 8.11. The molecule has 0 nitrogen and oxygen atoms in total. The summed E-state index contributed by atoms with van der Waals surface area (Å²) in [7, 11) is 0. The molecule has 0 unspecified atom stereocenters. The maximum Gasteiger partial charge on any atom is -0.0181 e. The van der Waals surface area contributed by atoms with Gasteiger partial charge in [-0.25, -0.2) is 0 Å². The number of benzene rings is 2. The quantitative estimate of drug-likeness (QED) is 0.662. The maximum absolute atomic E-state index is 3.89. The highest BCUT2D eigenvalue weighted by atomic mass is 14.0. The molecule has 0 aliphatic carbocycles. The molecular formula is C14H13. The fourth-order valence-electron chi connectivity index (χ4n) is 1.54. The Balaban J connectivity index is 2.42. The molecule has 0 N–H and O–H groups in total. The van der Waals surface area contributed by atoms with Crippen LogP contribution in [0.2, 0.25) is 0 Å². The summed E-state index contributed by atoms with van der Waals surface area (Å²) >= 11 is 0. The fraction of sp³-hybridized carbons (Fsp3) is 0.0714. The van der Waals surface area contributed by atoms with E-state index in [0.29, 0.717) is 0 Å². The average Bonchev–Trinajstić information content (AvgIpc) is 2.30. The Morgan fingerprint density at radius 1 is 0.786 bits per heavy atom. The van der Waals surface area contributed by atoms with Gasteiger partial charge in [0, 0.05) is 0 Å². The Kier molecular flexibility index (Phi) is 2.64. The van der Waals surface area contributed by atoms with Crippen LogP contribution in [0.3, 0.4) is 0 Å². The van der Waals surface area contributed by atoms with E-state index >= 15 is 0 Å². The molecule has 0 aromatic heterocycles. The van der Waals surface area contributed by atoms with Crippen LogP contribution in [-0.2, 0) is 6.42 Å². The van der Waals surface area contributed by atoms with Gasteiger partial charge in [-0.3, -0.25) is 0 Å². The van der Waals surface area contributed by atoms with Crippen LogP contribution >= 0.6 is 0 Å². The lowest BCUT2D eigenvalue weighted by atomic mass is 10.0. The fourth-order valence-corrected chi connectivity index (χ4v) is 1.54. The zero-order valence-corrected chi connectivity index (χ0v) is 8.11. The lowest BCUT2D eigenvalue weighted by Gasteiger charge is -2.03. The van der Waals surface area contributed by atoms with Crippen molar-refractivity contribution in [3.05, 3.63) is 67.1 Å². The van der Waals surface area contributed by atoms with Crippen molar-refractivity contribution in [1.29, 1.82) is 0 Å². The molecule has 69 valence electrons. The molecule has 2 rings (SSSR count). The van der Waals surface area contributed by atoms with Crippen LogP contribution in [0.5, 0.6) is 0 Å². The normalized spacial score (nSPS) is 10.1. The topological polar surface area (TPSA) is 0 Å². The van der Waals surface area contributed by atoms with E-state index in [0.717, 1.165) is 6.42 Å². The molecule has 2 aromatic rings. The van der Waals surface area contributed by atoms with Gasteiger partial charge in [-0.05, 0) is 30.0 Å². The van der Waals surface area contributed by atoms with Crippen LogP contribution < -0.4 is 0 Å². The van der Waals surface area contributed by atoms with E-state index < -0.39 is 0 Å². The van der Waals surface area contributed by atoms with Crippen molar-refractivity contribution >= 4 is 0 Å². The molecule has 0 amide bonds. The van der Waals surface area contributed by atoms with Gasteiger partial charge in [0.15, 0.2) is 0 Å². The molecule has 0 bridgehead atoms. The second kappa shape index (κ2) is 4.10. The number of hydrogen-bond donors (Lipinski definition) is 0. The molecule has 14 heavy (non-hydrogen) atoms. The molecule has 0 fully saturated rings. The Morgan fingerprint density at radius 3 is 2.21 bits per heavy atom. The number of rotatable bonds is 2. The minimum atomic E-state index is 0.848. The summed E-state index contributed by atoms with van der Waals surface area (Å²) in [6, 6.07) is 18.9. The van der Waals surface area contributed by atoms with Crippen LogP contribution in [0.15, 0.2) is 54.6 Å². The van der Waals surface area contributed by atoms with Crippen molar-refractivity contribution < 1.29 is 0 Å². The summed E-state index contributed by atoms with van der Waals surface area (Å²) in [5, 5.41) is 0. The smallest absolute Gasteiger partial charge is 0.0181 e. The molecule has 0 heteroatoms. The SMILES string of the molecule is [CH2]Cc1cccc(-c2ccccc2)c1. The third kappa shape index (κ3) is 1.85. The van der Waals surface area contributed by atoms with Crippen molar-refractivity contribution in [2.45, 2.75) is 6.42 Å². The molecule has 0 atom stereocenters. The van der Waals surface area contributed by atoms with Gasteiger partial charge >= 0.3 is 0 Å². The summed E-state index contributed by atoms with van der Waals surface area (Å²) in [5.74, 6) is 0. The van der Waals surface area contributed by atoms with Crippen LogP contribution in [0.4, 0.5) is 0 Å². The Labute approximate surface area is 85.2 Å². The van der Waals surface area contributed by atoms with E-state index in [1.165, 1.54) is 16.7 Å². The van der Waals surface area contributed by atoms with Crippen LogP contribution in [0.1, 0.15) is 5.56 Å². The summed E-state index contributed by atoms with van der Waals surface area (Å²) in [5.41, 5.74) is 3.82. The van der Waals surface area contributed by atoms with E-state index in [4.69, 9.17) is 0 Å². The van der Waals surface area contributed by atoms with Crippen molar-refractivity contribution in [3.63, 3.8) is 0 Å². The molecule has 0 saturated carbocycles. The highest BCUT2D eigenvalue weighted by molar-refractivity contribution is 5.63. The monoisotopic (exact) mass is 181 g/mol. The van der Waals surface area contributed by atoms with Crippen LogP contribution in [0, 0.1) is 6.92 Å². The minimum Gasteiger partial charge on any atom is -0.0622 e. The highest BCUT2D eigenvalue weighted by Gasteiger charge is 1.96. The summed E-state index contributed by atoms with van der Waals surface area (Å²) in [6.07, 6.45) is 0.848. The van der Waals surface area contributed by atoms with Gasteiger partial charge in [0.1, 0.15) is 0 Å². The predicted molar refractivity (Wildman–Crippen MR) is 60.9 cm³/mol. The maximum atomic E-state index is 3.89. The minimum absolute atomic E-state index is 0.848. The zero-order chi connectivity index (χ0) is 9.80. The van der Waals surface area contributed by atoms with E-state index in [9.17, 15) is 0 Å². The van der Waals surface area contributed by atoms with Gasteiger partial charge in [-0.15, -0.1) is 0 Å². The van der Waals surface area contributed by atoms with Gasteiger partial charge < -0.3 is 0 Å². The van der Waals surface area contributed by atoms with Crippen LogP contribution in [-0.4, -0.2) is 0 Å². The molecule has 0 heterocycles. The number of hydrogen-bond acceptors (Lipinski definition) is 0. The van der Waals surface area contributed by atoms with Crippen molar-refractivity contribution in [3.8, 4) is 11.1 Å². The standard InChI is InChI=1S/C14H13/c1-2-12-7-6-10-14(11-12)13-8-4-3-5-9-13/h3-11H,1-2H2. The lowest BCUT2D eigenvalue weighted by Crippen LogP contribution is -1.82. The first-order chi connectivity index (χ1) is 6.90. The van der Waals surface area contributed by atoms with Gasteiger partial charge in [0.05, 0.1) is 0 Å².